The molecular formula is C22H20N6O2S. The lowest BCUT2D eigenvalue weighted by Gasteiger charge is -2.27. The molecule has 0 bridgehead atoms. The number of nitrogens with one attached hydrogen (secondary N) is 2. The van der Waals surface area contributed by atoms with Crippen molar-refractivity contribution in [2.45, 2.75) is 0 Å². The fraction of sp³-hybridized carbons (Fsp3) is 0.182. The molecule has 9 heteroatoms. The van der Waals surface area contributed by atoms with Gasteiger partial charge in [-0.25, -0.2) is 0 Å². The minimum atomic E-state index is -0.273. The third-order valence-corrected chi connectivity index (χ3v) is 5.90. The zero-order valence-corrected chi connectivity index (χ0v) is 17.4. The summed E-state index contributed by atoms with van der Waals surface area (Å²) in [6.45, 7) is 3.04. The number of carbonyl (C=O) groups excluding carboxylic acids is 1. The smallest absolute Gasteiger partial charge is 0.276 e. The number of rotatable bonds is 5. The molecule has 4 heterocycles. The van der Waals surface area contributed by atoms with E-state index in [9.17, 15) is 4.79 Å². The lowest BCUT2D eigenvalue weighted by atomic mass is 10.1. The Hall–Kier alpha value is -3.56. The molecule has 1 saturated heterocycles. The molecule has 0 spiro atoms. The normalized spacial score (nSPS) is 13.9. The molecule has 3 aromatic heterocycles. The lowest BCUT2D eigenvalue weighted by molar-refractivity contribution is 0.102. The Bertz CT molecular complexity index is 1170. The van der Waals surface area contributed by atoms with Gasteiger partial charge in [-0.15, -0.1) is 21.5 Å². The van der Waals surface area contributed by atoms with Crippen molar-refractivity contribution in [3.8, 4) is 21.8 Å². The summed E-state index contributed by atoms with van der Waals surface area (Å²) in [7, 11) is 0. The summed E-state index contributed by atoms with van der Waals surface area (Å²) in [4.78, 5) is 15.8. The van der Waals surface area contributed by atoms with Crippen molar-refractivity contribution in [3.05, 3.63) is 65.7 Å². The first-order valence-electron chi connectivity index (χ1n) is 9.94. The highest BCUT2D eigenvalue weighted by atomic mass is 32.1. The summed E-state index contributed by atoms with van der Waals surface area (Å²) in [6, 6.07) is 17.1. The van der Waals surface area contributed by atoms with Crippen LogP contribution in [0.4, 0.5) is 11.5 Å². The van der Waals surface area contributed by atoms with E-state index in [1.54, 1.807) is 17.4 Å². The van der Waals surface area contributed by atoms with E-state index in [0.717, 1.165) is 40.7 Å². The summed E-state index contributed by atoms with van der Waals surface area (Å²) < 4.78 is 5.38. The maximum absolute atomic E-state index is 12.6. The Kier molecular flexibility index (Phi) is 5.42. The molecule has 0 radical (unpaired) electrons. The number of anilines is 2. The van der Waals surface area contributed by atoms with Gasteiger partial charge in [0.25, 0.3) is 5.91 Å². The number of thiophene rings is 1. The molecule has 0 aliphatic carbocycles. The van der Waals surface area contributed by atoms with Crippen LogP contribution in [0.25, 0.3) is 21.8 Å². The molecule has 0 atom stereocenters. The second-order valence-electron chi connectivity index (χ2n) is 7.06. The Morgan fingerprint density at radius 3 is 2.74 bits per heavy atom. The number of aromatic nitrogens is 4. The van der Waals surface area contributed by atoms with Crippen LogP contribution in [0.3, 0.4) is 0 Å². The van der Waals surface area contributed by atoms with Crippen LogP contribution in [0.1, 0.15) is 10.5 Å². The number of amides is 1. The van der Waals surface area contributed by atoms with Crippen LogP contribution in [0.15, 0.2) is 60.0 Å². The van der Waals surface area contributed by atoms with E-state index in [2.05, 4.69) is 30.6 Å². The van der Waals surface area contributed by atoms with Crippen molar-refractivity contribution < 1.29 is 9.53 Å². The summed E-state index contributed by atoms with van der Waals surface area (Å²) in [5.41, 5.74) is 3.45. The molecule has 1 aliphatic rings. The number of hydrogen-bond acceptors (Lipinski definition) is 7. The highest BCUT2D eigenvalue weighted by Gasteiger charge is 2.14. The Morgan fingerprint density at radius 2 is 1.97 bits per heavy atom. The van der Waals surface area contributed by atoms with E-state index in [-0.39, 0.29) is 5.91 Å². The van der Waals surface area contributed by atoms with Gasteiger partial charge < -0.3 is 15.0 Å². The fourth-order valence-corrected chi connectivity index (χ4v) is 4.08. The van der Waals surface area contributed by atoms with E-state index >= 15 is 0 Å². The number of nitrogens with zero attached hydrogens (tertiary/aromatic N) is 4. The van der Waals surface area contributed by atoms with Crippen LogP contribution >= 0.6 is 11.3 Å². The molecule has 5 rings (SSSR count). The maximum Gasteiger partial charge on any atom is 0.276 e. The van der Waals surface area contributed by atoms with Crippen molar-refractivity contribution in [3.63, 3.8) is 0 Å². The molecule has 0 saturated carbocycles. The molecular weight excluding hydrogens is 412 g/mol. The zero-order chi connectivity index (χ0) is 21.0. The molecule has 31 heavy (non-hydrogen) atoms. The van der Waals surface area contributed by atoms with Crippen LogP contribution in [0, 0.1) is 0 Å². The number of ether oxygens (including phenoxy) is 1. The first kappa shape index (κ1) is 19.4. The molecule has 2 N–H and O–H groups in total. The number of hydrogen-bond donors (Lipinski definition) is 2. The van der Waals surface area contributed by atoms with Crippen molar-refractivity contribution in [2.24, 2.45) is 0 Å². The number of carbonyl (C=O) groups is 1. The SMILES string of the molecule is O=C(Nc1cccc(-c2ccc(N3CCOCC3)nn2)c1)c1cc(-c2cccs2)[nH]n1. The van der Waals surface area contributed by atoms with E-state index < -0.39 is 0 Å². The van der Waals surface area contributed by atoms with Crippen LogP contribution in [0.2, 0.25) is 0 Å². The second-order valence-corrected chi connectivity index (χ2v) is 8.00. The van der Waals surface area contributed by atoms with Gasteiger partial charge in [0.2, 0.25) is 0 Å². The predicted octanol–water partition coefficient (Wildman–Crippen LogP) is 3.68. The van der Waals surface area contributed by atoms with Gasteiger partial charge in [0.05, 0.1) is 29.5 Å². The molecule has 0 unspecified atom stereocenters. The van der Waals surface area contributed by atoms with Crippen molar-refractivity contribution >= 4 is 28.7 Å². The van der Waals surface area contributed by atoms with Gasteiger partial charge in [-0.3, -0.25) is 9.89 Å². The summed E-state index contributed by atoms with van der Waals surface area (Å²) in [5, 5.41) is 20.7. The standard InChI is InChI=1S/C22H20N6O2S/c29-22(19-14-18(25-26-19)20-5-2-12-31-20)23-16-4-1-3-15(13-16)17-6-7-21(27-24-17)28-8-10-30-11-9-28/h1-7,12-14H,8-11H2,(H,23,29)(H,25,26). The van der Waals surface area contributed by atoms with Crippen molar-refractivity contribution in [1.82, 2.24) is 20.4 Å². The van der Waals surface area contributed by atoms with Gasteiger partial charge in [-0.05, 0) is 41.8 Å². The molecule has 8 nitrogen and oxygen atoms in total. The Labute approximate surface area is 182 Å². The molecule has 1 aliphatic heterocycles. The summed E-state index contributed by atoms with van der Waals surface area (Å²) in [6.07, 6.45) is 0. The molecule has 156 valence electrons. The molecule has 1 amide bonds. The highest BCUT2D eigenvalue weighted by molar-refractivity contribution is 7.13. The highest BCUT2D eigenvalue weighted by Crippen LogP contribution is 2.25. The van der Waals surface area contributed by atoms with Gasteiger partial charge >= 0.3 is 0 Å². The van der Waals surface area contributed by atoms with Crippen LogP contribution in [-0.4, -0.2) is 52.6 Å². The van der Waals surface area contributed by atoms with Gasteiger partial charge in [0.15, 0.2) is 11.5 Å². The topological polar surface area (TPSA) is 96.0 Å². The second kappa shape index (κ2) is 8.66. The largest absolute Gasteiger partial charge is 0.378 e. The van der Waals surface area contributed by atoms with Gasteiger partial charge in [-0.1, -0.05) is 18.2 Å². The summed E-state index contributed by atoms with van der Waals surface area (Å²) in [5.74, 6) is 0.571. The number of morpholine rings is 1. The Balaban J connectivity index is 1.29. The lowest BCUT2D eigenvalue weighted by Crippen LogP contribution is -2.36. The minimum Gasteiger partial charge on any atom is -0.378 e. The van der Waals surface area contributed by atoms with Crippen molar-refractivity contribution in [1.29, 1.82) is 0 Å². The third-order valence-electron chi connectivity index (χ3n) is 5.00. The van der Waals surface area contributed by atoms with E-state index in [0.29, 0.717) is 24.6 Å². The van der Waals surface area contributed by atoms with E-state index in [1.165, 1.54) is 0 Å². The fourth-order valence-electron chi connectivity index (χ4n) is 3.39. The number of H-pyrrole nitrogens is 1. The zero-order valence-electron chi connectivity index (χ0n) is 16.6. The quantitative estimate of drug-likeness (QED) is 0.499. The average molecular weight is 433 g/mol. The average Bonchev–Trinajstić information content (AvgIpc) is 3.52. The number of benzene rings is 1. The predicted molar refractivity (Wildman–Crippen MR) is 120 cm³/mol. The number of aromatic amines is 1. The van der Waals surface area contributed by atoms with Gasteiger partial charge in [0.1, 0.15) is 0 Å². The first-order chi connectivity index (χ1) is 15.3. The summed E-state index contributed by atoms with van der Waals surface area (Å²) >= 11 is 1.59. The van der Waals surface area contributed by atoms with Crippen LogP contribution in [-0.2, 0) is 4.74 Å². The molecule has 4 aromatic rings. The maximum atomic E-state index is 12.6. The monoisotopic (exact) mass is 432 g/mol. The minimum absolute atomic E-state index is 0.273. The van der Waals surface area contributed by atoms with E-state index in [1.807, 2.05) is 53.9 Å². The third kappa shape index (κ3) is 4.32. The van der Waals surface area contributed by atoms with Crippen LogP contribution in [0.5, 0.6) is 0 Å². The molecule has 1 aromatic carbocycles. The first-order valence-corrected chi connectivity index (χ1v) is 10.8. The van der Waals surface area contributed by atoms with E-state index in [4.69, 9.17) is 4.74 Å². The molecule has 1 fully saturated rings. The van der Waals surface area contributed by atoms with Crippen molar-refractivity contribution in [2.75, 3.05) is 36.5 Å². The van der Waals surface area contributed by atoms with Gasteiger partial charge in [-0.2, -0.15) is 5.10 Å². The van der Waals surface area contributed by atoms with Crippen LogP contribution < -0.4 is 10.2 Å². The Morgan fingerprint density at radius 1 is 1.06 bits per heavy atom. The van der Waals surface area contributed by atoms with Gasteiger partial charge in [0, 0.05) is 24.3 Å².